The zero-order valence-electron chi connectivity index (χ0n) is 23.7. The Balaban J connectivity index is 2.18. The summed E-state index contributed by atoms with van der Waals surface area (Å²) in [5, 5.41) is 16.9. The number of benzene rings is 2. The van der Waals surface area contributed by atoms with Crippen molar-refractivity contribution in [3.05, 3.63) is 65.7 Å². The van der Waals surface area contributed by atoms with E-state index in [1.807, 2.05) is 40.7 Å². The Bertz CT molecular complexity index is 1130. The van der Waals surface area contributed by atoms with Crippen molar-refractivity contribution in [2.24, 2.45) is 11.8 Å². The molecule has 0 aromatic heterocycles. The van der Waals surface area contributed by atoms with Crippen molar-refractivity contribution < 1.29 is 29.0 Å². The Morgan fingerprint density at radius 2 is 1.27 bits per heavy atom. The van der Waals surface area contributed by atoms with Gasteiger partial charge in [0.05, 0.1) is 0 Å². The first kappa shape index (κ1) is 32.1. The van der Waals surface area contributed by atoms with Crippen molar-refractivity contribution in [3.63, 3.8) is 0 Å². The van der Waals surface area contributed by atoms with Crippen LogP contribution in [0.5, 0.6) is 5.75 Å². The molecule has 0 saturated heterocycles. The summed E-state index contributed by atoms with van der Waals surface area (Å²) in [6.07, 6.45) is -0.857. The van der Waals surface area contributed by atoms with E-state index in [1.165, 1.54) is 0 Å². The van der Waals surface area contributed by atoms with E-state index < -0.39 is 41.9 Å². The highest BCUT2D eigenvalue weighted by atomic mass is 16.5. The Labute approximate surface area is 235 Å². The number of hydrogen-bond donors (Lipinski definition) is 6. The van der Waals surface area contributed by atoms with E-state index in [1.54, 1.807) is 48.5 Å². The SMILES string of the molecule is CC(C)CC(NC(=O)C(Cc1ccccc1)NC(=O)O)C(=O)NC(Cc1ccc(OC(C)(C)C)cc1)C(=O)NN. The van der Waals surface area contributed by atoms with Crippen molar-refractivity contribution in [2.75, 3.05) is 0 Å². The van der Waals surface area contributed by atoms with Crippen LogP contribution in [0.4, 0.5) is 4.79 Å². The summed E-state index contributed by atoms with van der Waals surface area (Å²) in [5.74, 6) is 4.22. The minimum absolute atomic E-state index is 0.00759. The quantitative estimate of drug-likeness (QED) is 0.125. The monoisotopic (exact) mass is 555 g/mol. The lowest BCUT2D eigenvalue weighted by Gasteiger charge is -2.26. The van der Waals surface area contributed by atoms with Crippen molar-refractivity contribution in [1.82, 2.24) is 21.4 Å². The van der Waals surface area contributed by atoms with Crippen molar-refractivity contribution in [2.45, 2.75) is 77.6 Å². The van der Waals surface area contributed by atoms with Gasteiger partial charge in [0, 0.05) is 12.8 Å². The minimum atomic E-state index is -1.36. The number of nitrogens with two attached hydrogens (primary N) is 1. The van der Waals surface area contributed by atoms with Gasteiger partial charge in [0.15, 0.2) is 0 Å². The highest BCUT2D eigenvalue weighted by Crippen LogP contribution is 2.19. The summed E-state index contributed by atoms with van der Waals surface area (Å²) in [7, 11) is 0. The van der Waals surface area contributed by atoms with Crippen LogP contribution in [0.3, 0.4) is 0 Å². The number of hydrazine groups is 1. The van der Waals surface area contributed by atoms with E-state index in [0.29, 0.717) is 5.75 Å². The third-order valence-corrected chi connectivity index (χ3v) is 5.80. The van der Waals surface area contributed by atoms with Gasteiger partial charge >= 0.3 is 6.09 Å². The van der Waals surface area contributed by atoms with Gasteiger partial charge in [-0.15, -0.1) is 0 Å². The van der Waals surface area contributed by atoms with Gasteiger partial charge < -0.3 is 25.8 Å². The molecular formula is C29H41N5O6. The van der Waals surface area contributed by atoms with Gasteiger partial charge in [-0.1, -0.05) is 56.3 Å². The van der Waals surface area contributed by atoms with Crippen LogP contribution < -0.4 is 32.0 Å². The molecule has 0 radical (unpaired) electrons. The summed E-state index contributed by atoms with van der Waals surface area (Å²) in [6.45, 7) is 9.58. The molecule has 0 fully saturated rings. The molecule has 0 saturated carbocycles. The van der Waals surface area contributed by atoms with Crippen molar-refractivity contribution in [3.8, 4) is 5.75 Å². The highest BCUT2D eigenvalue weighted by Gasteiger charge is 2.30. The Hall–Kier alpha value is -4.12. The summed E-state index contributed by atoms with van der Waals surface area (Å²) in [4.78, 5) is 50.4. The van der Waals surface area contributed by atoms with Gasteiger partial charge in [-0.05, 0) is 56.4 Å². The molecule has 0 heterocycles. The molecule has 0 aliphatic rings. The van der Waals surface area contributed by atoms with Crippen LogP contribution in [0.15, 0.2) is 54.6 Å². The summed E-state index contributed by atoms with van der Waals surface area (Å²) < 4.78 is 5.83. The Morgan fingerprint density at radius 3 is 1.77 bits per heavy atom. The molecule has 0 aliphatic carbocycles. The van der Waals surface area contributed by atoms with Gasteiger partial charge in [0.1, 0.15) is 29.5 Å². The molecule has 0 spiro atoms. The zero-order valence-corrected chi connectivity index (χ0v) is 23.7. The lowest BCUT2D eigenvalue weighted by molar-refractivity contribution is -0.132. The maximum Gasteiger partial charge on any atom is 0.405 e. The summed E-state index contributed by atoms with van der Waals surface area (Å²) in [6, 6.07) is 12.9. The van der Waals surface area contributed by atoms with E-state index >= 15 is 0 Å². The second kappa shape index (κ2) is 14.9. The summed E-state index contributed by atoms with van der Waals surface area (Å²) in [5.41, 5.74) is 3.22. The fourth-order valence-corrected chi connectivity index (χ4v) is 4.05. The van der Waals surface area contributed by atoms with Crippen LogP contribution in [0.2, 0.25) is 0 Å². The maximum atomic E-state index is 13.3. The number of carbonyl (C=O) groups excluding carboxylic acids is 3. The van der Waals surface area contributed by atoms with Gasteiger partial charge in [0.2, 0.25) is 11.8 Å². The van der Waals surface area contributed by atoms with Gasteiger partial charge in [0.25, 0.3) is 5.91 Å². The molecule has 218 valence electrons. The standard InChI is InChI=1S/C29H41N5O6/c1-18(2)15-22(31-26(36)23(33-28(38)39)16-19-9-7-6-8-10-19)25(35)32-24(27(37)34-30)17-20-11-13-21(14-12-20)40-29(3,4)5/h6-14,18,22-24,33H,15-17,30H2,1-5H3,(H,31,36)(H,32,35)(H,34,37)(H,38,39). The van der Waals surface area contributed by atoms with Gasteiger partial charge in [-0.3, -0.25) is 19.8 Å². The van der Waals surface area contributed by atoms with E-state index in [2.05, 4.69) is 21.4 Å². The number of carboxylic acid groups (broad SMARTS) is 1. The molecule has 40 heavy (non-hydrogen) atoms. The molecule has 2 rings (SSSR count). The number of ether oxygens (including phenoxy) is 1. The number of hydrogen-bond acceptors (Lipinski definition) is 6. The second-order valence-corrected chi connectivity index (χ2v) is 11.0. The molecule has 7 N–H and O–H groups in total. The van der Waals surface area contributed by atoms with Crippen LogP contribution >= 0.6 is 0 Å². The molecular weight excluding hydrogens is 514 g/mol. The van der Waals surface area contributed by atoms with E-state index in [4.69, 9.17) is 10.6 Å². The maximum absolute atomic E-state index is 13.3. The third-order valence-electron chi connectivity index (χ3n) is 5.80. The van der Waals surface area contributed by atoms with Crippen LogP contribution in [-0.4, -0.2) is 52.6 Å². The molecule has 4 amide bonds. The second-order valence-electron chi connectivity index (χ2n) is 11.0. The van der Waals surface area contributed by atoms with Crippen LogP contribution in [0.25, 0.3) is 0 Å². The first-order valence-electron chi connectivity index (χ1n) is 13.2. The molecule has 2 aromatic rings. The van der Waals surface area contributed by atoms with Crippen LogP contribution in [-0.2, 0) is 27.2 Å². The molecule has 11 heteroatoms. The lowest BCUT2D eigenvalue weighted by atomic mass is 10.00. The lowest BCUT2D eigenvalue weighted by Crippen LogP contribution is -2.58. The first-order valence-corrected chi connectivity index (χ1v) is 13.2. The fourth-order valence-electron chi connectivity index (χ4n) is 4.05. The Morgan fingerprint density at radius 1 is 0.775 bits per heavy atom. The first-order chi connectivity index (χ1) is 18.8. The van der Waals surface area contributed by atoms with E-state index in [9.17, 15) is 24.3 Å². The number of nitrogens with one attached hydrogen (secondary N) is 4. The number of carbonyl (C=O) groups is 4. The molecule has 2 aromatic carbocycles. The smallest absolute Gasteiger partial charge is 0.405 e. The molecule has 3 atom stereocenters. The van der Waals surface area contributed by atoms with Gasteiger partial charge in [-0.2, -0.15) is 0 Å². The van der Waals surface area contributed by atoms with Crippen LogP contribution in [0, 0.1) is 5.92 Å². The molecule has 0 aliphatic heterocycles. The minimum Gasteiger partial charge on any atom is -0.488 e. The van der Waals surface area contributed by atoms with E-state index in [-0.39, 0.29) is 30.8 Å². The fraction of sp³-hybridized carbons (Fsp3) is 0.448. The molecule has 11 nitrogen and oxygen atoms in total. The zero-order chi connectivity index (χ0) is 29.9. The summed E-state index contributed by atoms with van der Waals surface area (Å²) >= 11 is 0. The predicted octanol–water partition coefficient (Wildman–Crippen LogP) is 2.29. The molecule has 3 unspecified atom stereocenters. The van der Waals surface area contributed by atoms with Crippen LogP contribution in [0.1, 0.15) is 52.2 Å². The van der Waals surface area contributed by atoms with Crippen molar-refractivity contribution >= 4 is 23.8 Å². The predicted molar refractivity (Wildman–Crippen MR) is 151 cm³/mol. The highest BCUT2D eigenvalue weighted by molar-refractivity contribution is 5.93. The van der Waals surface area contributed by atoms with Crippen molar-refractivity contribution in [1.29, 1.82) is 0 Å². The average molecular weight is 556 g/mol. The number of amides is 4. The average Bonchev–Trinajstić information content (AvgIpc) is 2.87. The van der Waals surface area contributed by atoms with Gasteiger partial charge in [-0.25, -0.2) is 10.6 Å². The normalized spacial score (nSPS) is 13.5. The molecule has 0 bridgehead atoms. The number of rotatable bonds is 13. The van der Waals surface area contributed by atoms with E-state index in [0.717, 1.165) is 11.1 Å². The topological polar surface area (TPSA) is 172 Å². The largest absolute Gasteiger partial charge is 0.488 e. The third kappa shape index (κ3) is 11.3. The Kier molecular flexibility index (Phi) is 11.9.